The fourth-order valence-corrected chi connectivity index (χ4v) is 3.19. The molecule has 3 aromatic heterocycles. The first kappa shape index (κ1) is 26.8. The van der Waals surface area contributed by atoms with Gasteiger partial charge >= 0.3 is 0 Å². The molecule has 34 heavy (non-hydrogen) atoms. The number of furan rings is 1. The van der Waals surface area contributed by atoms with Crippen LogP contribution in [0.1, 0.15) is 63.4 Å². The first-order valence-electron chi connectivity index (χ1n) is 12.1. The molecule has 8 nitrogen and oxygen atoms in total. The molecule has 0 unspecified atom stereocenters. The number of nitrogens with zero attached hydrogens (tertiary/aromatic N) is 5. The van der Waals surface area contributed by atoms with Gasteiger partial charge in [0.25, 0.3) is 0 Å². The van der Waals surface area contributed by atoms with Crippen LogP contribution in [-0.2, 0) is 6.42 Å². The maximum atomic E-state index is 5.96. The molecule has 0 amide bonds. The average Bonchev–Trinajstić information content (AvgIpc) is 3.17. The van der Waals surface area contributed by atoms with Gasteiger partial charge in [0.05, 0.1) is 12.8 Å². The summed E-state index contributed by atoms with van der Waals surface area (Å²) in [6.07, 6.45) is 6.13. The minimum Gasteiger partial charge on any atom is -0.477 e. The third kappa shape index (κ3) is 8.50. The number of ether oxygens (including phenoxy) is 1. The monoisotopic (exact) mass is 466 g/mol. The largest absolute Gasteiger partial charge is 0.477 e. The van der Waals surface area contributed by atoms with E-state index in [4.69, 9.17) is 14.1 Å². The van der Waals surface area contributed by atoms with Crippen molar-refractivity contribution in [3.05, 3.63) is 59.4 Å². The van der Waals surface area contributed by atoms with E-state index in [1.165, 1.54) is 0 Å². The Morgan fingerprint density at radius 3 is 2.47 bits per heavy atom. The Morgan fingerprint density at radius 2 is 1.85 bits per heavy atom. The van der Waals surface area contributed by atoms with E-state index >= 15 is 0 Å². The lowest BCUT2D eigenvalue weighted by atomic mass is 10.3. The molecule has 0 bridgehead atoms. The van der Waals surface area contributed by atoms with Crippen LogP contribution in [0.2, 0.25) is 0 Å². The second kappa shape index (κ2) is 14.7. The molecule has 0 aromatic carbocycles. The van der Waals surface area contributed by atoms with Gasteiger partial charge in [0.2, 0.25) is 11.8 Å². The van der Waals surface area contributed by atoms with Crippen molar-refractivity contribution < 1.29 is 9.15 Å². The van der Waals surface area contributed by atoms with Gasteiger partial charge in [0.1, 0.15) is 11.6 Å². The van der Waals surface area contributed by atoms with E-state index in [2.05, 4.69) is 39.2 Å². The highest BCUT2D eigenvalue weighted by atomic mass is 16.5. The zero-order valence-corrected chi connectivity index (χ0v) is 21.3. The SMILES string of the molecule is CC.CCCN(CCC)c1cc(OCCc2ccccn2)nc(/C=N/Nc2cc(C)c(C)o2)n1. The van der Waals surface area contributed by atoms with Gasteiger partial charge in [-0.3, -0.25) is 4.98 Å². The zero-order chi connectivity index (χ0) is 24.8. The van der Waals surface area contributed by atoms with Crippen LogP contribution in [0.25, 0.3) is 0 Å². The Hall–Kier alpha value is -3.42. The fourth-order valence-electron chi connectivity index (χ4n) is 3.19. The molecule has 0 saturated carbocycles. The molecule has 0 aliphatic heterocycles. The van der Waals surface area contributed by atoms with Crippen molar-refractivity contribution >= 4 is 17.9 Å². The number of pyridine rings is 1. The van der Waals surface area contributed by atoms with Crippen LogP contribution < -0.4 is 15.1 Å². The summed E-state index contributed by atoms with van der Waals surface area (Å²) in [4.78, 5) is 15.8. The lowest BCUT2D eigenvalue weighted by Crippen LogP contribution is -2.26. The van der Waals surface area contributed by atoms with Crippen LogP contribution >= 0.6 is 0 Å². The summed E-state index contributed by atoms with van der Waals surface area (Å²) in [5.74, 6) is 3.27. The van der Waals surface area contributed by atoms with Crippen molar-refractivity contribution in [3.63, 3.8) is 0 Å². The van der Waals surface area contributed by atoms with Gasteiger partial charge in [-0.15, -0.1) is 0 Å². The minimum absolute atomic E-state index is 0.472. The summed E-state index contributed by atoms with van der Waals surface area (Å²) >= 11 is 0. The molecule has 3 heterocycles. The highest BCUT2D eigenvalue weighted by Crippen LogP contribution is 2.20. The predicted molar refractivity (Wildman–Crippen MR) is 139 cm³/mol. The molecule has 0 fully saturated rings. The number of nitrogens with one attached hydrogen (secondary N) is 1. The van der Waals surface area contributed by atoms with E-state index in [1.807, 2.05) is 58.0 Å². The van der Waals surface area contributed by atoms with Crippen molar-refractivity contribution in [2.24, 2.45) is 5.10 Å². The van der Waals surface area contributed by atoms with Crippen LogP contribution in [0.15, 0.2) is 46.0 Å². The lowest BCUT2D eigenvalue weighted by molar-refractivity contribution is 0.307. The van der Waals surface area contributed by atoms with Gasteiger partial charge < -0.3 is 14.1 Å². The fraction of sp³-hybridized carbons (Fsp3) is 0.462. The van der Waals surface area contributed by atoms with Crippen LogP contribution in [-0.4, -0.2) is 40.9 Å². The van der Waals surface area contributed by atoms with Gasteiger partial charge in [0, 0.05) is 43.5 Å². The second-order valence-electron chi connectivity index (χ2n) is 7.55. The molecule has 8 heteroatoms. The summed E-state index contributed by atoms with van der Waals surface area (Å²) in [6, 6.07) is 9.67. The molecule has 0 radical (unpaired) electrons. The van der Waals surface area contributed by atoms with Crippen molar-refractivity contribution in [2.45, 2.75) is 60.8 Å². The summed E-state index contributed by atoms with van der Waals surface area (Å²) in [7, 11) is 0. The second-order valence-corrected chi connectivity index (χ2v) is 7.55. The van der Waals surface area contributed by atoms with Gasteiger partial charge in [-0.2, -0.15) is 10.1 Å². The van der Waals surface area contributed by atoms with Crippen LogP contribution in [0, 0.1) is 13.8 Å². The highest BCUT2D eigenvalue weighted by molar-refractivity contribution is 5.76. The summed E-state index contributed by atoms with van der Waals surface area (Å²) in [5, 5.41) is 4.25. The van der Waals surface area contributed by atoms with Gasteiger partial charge in [-0.25, -0.2) is 10.4 Å². The van der Waals surface area contributed by atoms with Crippen LogP contribution in [0.3, 0.4) is 0 Å². The standard InChI is InChI=1S/C24H32N6O2.C2H6/c1-5-12-30(13-6-2)22-16-23(31-14-10-20-9-7-8-11-25-20)28-21(27-22)17-26-29-24-15-18(3)19(4)32-24;1-2/h7-9,11,15-17,29H,5-6,10,12-14H2,1-4H3;1-2H3/b26-17+;. The number of anilines is 2. The van der Waals surface area contributed by atoms with E-state index in [-0.39, 0.29) is 0 Å². The van der Waals surface area contributed by atoms with Crippen LogP contribution in [0.5, 0.6) is 5.88 Å². The Labute approximate surface area is 203 Å². The number of aromatic nitrogens is 3. The maximum absolute atomic E-state index is 5.96. The van der Waals surface area contributed by atoms with E-state index in [0.717, 1.165) is 48.8 Å². The zero-order valence-electron chi connectivity index (χ0n) is 21.3. The minimum atomic E-state index is 0.472. The Morgan fingerprint density at radius 1 is 1.09 bits per heavy atom. The third-order valence-corrected chi connectivity index (χ3v) is 4.87. The molecule has 0 aliphatic rings. The lowest BCUT2D eigenvalue weighted by Gasteiger charge is -2.23. The van der Waals surface area contributed by atoms with Crippen LogP contribution in [0.4, 0.5) is 11.7 Å². The summed E-state index contributed by atoms with van der Waals surface area (Å²) < 4.78 is 11.6. The number of hydrogen-bond donors (Lipinski definition) is 1. The normalized spacial score (nSPS) is 10.6. The van der Waals surface area contributed by atoms with E-state index < -0.39 is 0 Å². The predicted octanol–water partition coefficient (Wildman–Crippen LogP) is 5.80. The first-order valence-corrected chi connectivity index (χ1v) is 12.1. The highest BCUT2D eigenvalue weighted by Gasteiger charge is 2.11. The quantitative estimate of drug-likeness (QED) is 0.266. The van der Waals surface area contributed by atoms with Crippen molar-refractivity contribution in [2.75, 3.05) is 30.0 Å². The van der Waals surface area contributed by atoms with Gasteiger partial charge in [-0.1, -0.05) is 33.8 Å². The summed E-state index contributed by atoms with van der Waals surface area (Å²) in [5.41, 5.74) is 4.95. The Balaban J connectivity index is 0.00000199. The van der Waals surface area contributed by atoms with Crippen molar-refractivity contribution in [1.82, 2.24) is 15.0 Å². The molecule has 0 atom stereocenters. The molecule has 0 aliphatic carbocycles. The molecule has 0 saturated heterocycles. The first-order chi connectivity index (χ1) is 16.6. The van der Waals surface area contributed by atoms with Gasteiger partial charge in [-0.05, 0) is 44.4 Å². The Kier molecular flexibility index (Phi) is 11.6. The number of rotatable bonds is 12. The summed E-state index contributed by atoms with van der Waals surface area (Å²) in [6.45, 7) is 14.5. The van der Waals surface area contributed by atoms with Crippen molar-refractivity contribution in [3.8, 4) is 5.88 Å². The number of hydrogen-bond acceptors (Lipinski definition) is 8. The number of hydrazone groups is 1. The average molecular weight is 467 g/mol. The smallest absolute Gasteiger partial charge is 0.219 e. The van der Waals surface area contributed by atoms with E-state index in [9.17, 15) is 0 Å². The molecule has 3 aromatic rings. The third-order valence-electron chi connectivity index (χ3n) is 4.87. The number of aryl methyl sites for hydroxylation is 2. The molecule has 1 N–H and O–H groups in total. The molecular formula is C26H38N6O2. The van der Waals surface area contributed by atoms with Gasteiger partial charge in [0.15, 0.2) is 5.82 Å². The molecular weight excluding hydrogens is 428 g/mol. The topological polar surface area (TPSA) is 88.7 Å². The molecule has 0 spiro atoms. The van der Waals surface area contributed by atoms with Crippen molar-refractivity contribution in [1.29, 1.82) is 0 Å². The van der Waals surface area contributed by atoms with E-state index in [1.54, 1.807) is 12.4 Å². The maximum Gasteiger partial charge on any atom is 0.219 e. The molecule has 184 valence electrons. The molecule has 3 rings (SSSR count). The Bertz CT molecular complexity index is 978. The van der Waals surface area contributed by atoms with E-state index in [0.29, 0.717) is 30.6 Å².